The third kappa shape index (κ3) is 3.26. The van der Waals surface area contributed by atoms with Gasteiger partial charge in [0.25, 0.3) is 0 Å². The molecule has 1 radical (unpaired) electrons. The second-order valence-electron chi connectivity index (χ2n) is 4.72. The van der Waals surface area contributed by atoms with E-state index in [9.17, 15) is 0 Å². The normalized spacial score (nSPS) is 17.3. The summed E-state index contributed by atoms with van der Waals surface area (Å²) in [6.45, 7) is 0. The Morgan fingerprint density at radius 2 is 1.81 bits per heavy atom. The summed E-state index contributed by atoms with van der Waals surface area (Å²) in [5.74, 6) is 1.87. The van der Waals surface area contributed by atoms with Gasteiger partial charge in [-0.1, -0.05) is 44.2 Å². The Morgan fingerprint density at radius 3 is 2.44 bits per heavy atom. The van der Waals surface area contributed by atoms with Crippen LogP contribution in [0.2, 0.25) is 0 Å². The highest BCUT2D eigenvalue weighted by molar-refractivity contribution is 5.31. The Balaban J connectivity index is 1.79. The van der Waals surface area contributed by atoms with Gasteiger partial charge in [0, 0.05) is 0 Å². The molecule has 16 heavy (non-hydrogen) atoms. The molecule has 1 aromatic carbocycles. The molecule has 0 atom stereocenters. The van der Waals surface area contributed by atoms with Gasteiger partial charge >= 0.3 is 0 Å². The topological polar surface area (TPSA) is 9.23 Å². The molecule has 0 heterocycles. The first kappa shape index (κ1) is 11.5. The van der Waals surface area contributed by atoms with Crippen molar-refractivity contribution in [1.82, 2.24) is 0 Å². The van der Waals surface area contributed by atoms with E-state index in [0.717, 1.165) is 11.7 Å². The summed E-state index contributed by atoms with van der Waals surface area (Å²) in [5.41, 5.74) is 1.33. The Bertz CT molecular complexity index is 296. The molecular formula is C15H21O. The van der Waals surface area contributed by atoms with Crippen LogP contribution in [0.15, 0.2) is 24.3 Å². The predicted octanol–water partition coefficient (Wildman–Crippen LogP) is 4.22. The molecule has 1 heteroatoms. The van der Waals surface area contributed by atoms with Crippen LogP contribution < -0.4 is 4.74 Å². The average molecular weight is 217 g/mol. The molecule has 1 aliphatic carbocycles. The van der Waals surface area contributed by atoms with Gasteiger partial charge in [-0.05, 0) is 36.5 Å². The largest absolute Gasteiger partial charge is 0.497 e. The molecule has 0 amide bonds. The van der Waals surface area contributed by atoms with E-state index >= 15 is 0 Å². The van der Waals surface area contributed by atoms with E-state index in [2.05, 4.69) is 18.6 Å². The maximum atomic E-state index is 5.15. The SMILES string of the molecule is COc1ccc([CH]CC2CCCCC2)cc1. The van der Waals surface area contributed by atoms with Crippen LogP contribution in [0.25, 0.3) is 0 Å². The Morgan fingerprint density at radius 1 is 1.12 bits per heavy atom. The van der Waals surface area contributed by atoms with Crippen molar-refractivity contribution in [1.29, 1.82) is 0 Å². The zero-order valence-corrected chi connectivity index (χ0v) is 10.1. The monoisotopic (exact) mass is 217 g/mol. The maximum absolute atomic E-state index is 5.15. The van der Waals surface area contributed by atoms with Crippen molar-refractivity contribution in [2.24, 2.45) is 5.92 Å². The van der Waals surface area contributed by atoms with Gasteiger partial charge in [0.05, 0.1) is 7.11 Å². The van der Waals surface area contributed by atoms with E-state index in [4.69, 9.17) is 4.74 Å². The second kappa shape index (κ2) is 5.93. The van der Waals surface area contributed by atoms with E-state index < -0.39 is 0 Å². The zero-order valence-electron chi connectivity index (χ0n) is 10.1. The second-order valence-corrected chi connectivity index (χ2v) is 4.72. The van der Waals surface area contributed by atoms with Crippen molar-refractivity contribution in [3.63, 3.8) is 0 Å². The standard InChI is InChI=1S/C15H21O/c1-16-15-11-9-14(10-12-15)8-7-13-5-3-2-4-6-13/h8-13H,2-7H2,1H3. The summed E-state index contributed by atoms with van der Waals surface area (Å²) in [5, 5.41) is 0. The molecule has 0 unspecified atom stereocenters. The van der Waals surface area contributed by atoms with Crippen molar-refractivity contribution in [2.45, 2.75) is 38.5 Å². The number of ether oxygens (including phenoxy) is 1. The van der Waals surface area contributed by atoms with E-state index in [1.54, 1.807) is 7.11 Å². The van der Waals surface area contributed by atoms with Crippen LogP contribution in [0.5, 0.6) is 5.75 Å². The molecule has 1 aromatic rings. The minimum Gasteiger partial charge on any atom is -0.497 e. The first-order chi connectivity index (χ1) is 7.88. The Kier molecular flexibility index (Phi) is 4.26. The molecule has 0 spiro atoms. The van der Waals surface area contributed by atoms with E-state index in [1.165, 1.54) is 44.1 Å². The van der Waals surface area contributed by atoms with Crippen LogP contribution in [-0.4, -0.2) is 7.11 Å². The van der Waals surface area contributed by atoms with Gasteiger partial charge in [0.2, 0.25) is 0 Å². The van der Waals surface area contributed by atoms with E-state index in [0.29, 0.717) is 0 Å². The van der Waals surface area contributed by atoms with Gasteiger partial charge in [-0.15, -0.1) is 0 Å². The molecule has 1 nitrogen and oxygen atoms in total. The lowest BCUT2D eigenvalue weighted by Gasteiger charge is -2.21. The molecule has 0 bridgehead atoms. The van der Waals surface area contributed by atoms with Gasteiger partial charge in [-0.2, -0.15) is 0 Å². The summed E-state index contributed by atoms with van der Waals surface area (Å²) < 4.78 is 5.15. The minimum absolute atomic E-state index is 0.927. The number of rotatable bonds is 4. The molecule has 0 aromatic heterocycles. The van der Waals surface area contributed by atoms with Crippen molar-refractivity contribution in [3.05, 3.63) is 36.2 Å². The highest BCUT2D eigenvalue weighted by atomic mass is 16.5. The fourth-order valence-electron chi connectivity index (χ4n) is 2.47. The summed E-state index contributed by atoms with van der Waals surface area (Å²) in [6, 6.07) is 8.35. The number of hydrogen-bond acceptors (Lipinski definition) is 1. The smallest absolute Gasteiger partial charge is 0.118 e. The summed E-state index contributed by atoms with van der Waals surface area (Å²) in [6.07, 6.45) is 10.8. The third-order valence-electron chi connectivity index (χ3n) is 3.53. The highest BCUT2D eigenvalue weighted by Gasteiger charge is 2.12. The minimum atomic E-state index is 0.927. The van der Waals surface area contributed by atoms with E-state index in [1.807, 2.05) is 12.1 Å². The average Bonchev–Trinajstić information content (AvgIpc) is 2.38. The van der Waals surface area contributed by atoms with Crippen LogP contribution in [0.4, 0.5) is 0 Å². The van der Waals surface area contributed by atoms with Crippen LogP contribution in [0.1, 0.15) is 44.1 Å². The molecule has 0 aliphatic heterocycles. The van der Waals surface area contributed by atoms with Gasteiger partial charge in [-0.3, -0.25) is 0 Å². The van der Waals surface area contributed by atoms with Crippen molar-refractivity contribution in [3.8, 4) is 5.75 Å². The third-order valence-corrected chi connectivity index (χ3v) is 3.53. The fraction of sp³-hybridized carbons (Fsp3) is 0.533. The molecule has 87 valence electrons. The number of benzene rings is 1. The van der Waals surface area contributed by atoms with Gasteiger partial charge in [0.1, 0.15) is 5.75 Å². The van der Waals surface area contributed by atoms with Crippen LogP contribution >= 0.6 is 0 Å². The maximum Gasteiger partial charge on any atom is 0.118 e. The zero-order chi connectivity index (χ0) is 11.2. The quantitative estimate of drug-likeness (QED) is 0.733. The molecular weight excluding hydrogens is 196 g/mol. The fourth-order valence-corrected chi connectivity index (χ4v) is 2.47. The lowest BCUT2D eigenvalue weighted by molar-refractivity contribution is 0.356. The summed E-state index contributed by atoms with van der Waals surface area (Å²) >= 11 is 0. The molecule has 0 N–H and O–H groups in total. The Hall–Kier alpha value is -0.980. The van der Waals surface area contributed by atoms with Gasteiger partial charge < -0.3 is 4.74 Å². The van der Waals surface area contributed by atoms with Gasteiger partial charge in [0.15, 0.2) is 0 Å². The lowest BCUT2D eigenvalue weighted by atomic mass is 9.85. The van der Waals surface area contributed by atoms with Crippen molar-refractivity contribution >= 4 is 0 Å². The molecule has 1 saturated carbocycles. The first-order valence-electron chi connectivity index (χ1n) is 6.36. The highest BCUT2D eigenvalue weighted by Crippen LogP contribution is 2.28. The van der Waals surface area contributed by atoms with Crippen LogP contribution in [0, 0.1) is 12.3 Å². The molecule has 2 rings (SSSR count). The first-order valence-corrected chi connectivity index (χ1v) is 6.36. The molecule has 0 saturated heterocycles. The number of hydrogen-bond donors (Lipinski definition) is 0. The summed E-state index contributed by atoms with van der Waals surface area (Å²) in [7, 11) is 1.71. The van der Waals surface area contributed by atoms with E-state index in [-0.39, 0.29) is 0 Å². The Labute approximate surface area is 98.8 Å². The molecule has 1 aliphatic rings. The van der Waals surface area contributed by atoms with Crippen molar-refractivity contribution < 1.29 is 4.74 Å². The van der Waals surface area contributed by atoms with Crippen LogP contribution in [-0.2, 0) is 0 Å². The number of methoxy groups -OCH3 is 1. The molecule has 1 fully saturated rings. The van der Waals surface area contributed by atoms with Crippen molar-refractivity contribution in [2.75, 3.05) is 7.11 Å². The lowest BCUT2D eigenvalue weighted by Crippen LogP contribution is -2.06. The predicted molar refractivity (Wildman–Crippen MR) is 67.6 cm³/mol. The summed E-state index contributed by atoms with van der Waals surface area (Å²) in [4.78, 5) is 0. The van der Waals surface area contributed by atoms with Gasteiger partial charge in [-0.25, -0.2) is 0 Å². The van der Waals surface area contributed by atoms with Crippen LogP contribution in [0.3, 0.4) is 0 Å².